The van der Waals surface area contributed by atoms with Crippen molar-refractivity contribution in [1.29, 1.82) is 0 Å². The van der Waals surface area contributed by atoms with E-state index >= 15 is 0 Å². The van der Waals surface area contributed by atoms with Crippen LogP contribution >= 0.6 is 0 Å². The molecule has 0 saturated heterocycles. The average molecular weight is 232 g/mol. The Kier molecular flexibility index (Phi) is 4.93. The second kappa shape index (κ2) is 5.30. The van der Waals surface area contributed by atoms with Gasteiger partial charge in [-0.2, -0.15) is 0 Å². The quantitative estimate of drug-likeness (QED) is 0.696. The predicted molar refractivity (Wildman–Crippen MR) is 58.3 cm³/mol. The van der Waals surface area contributed by atoms with Gasteiger partial charge in [-0.05, 0) is 27.2 Å². The minimum atomic E-state index is -0.993. The van der Waals surface area contributed by atoms with Crippen LogP contribution in [0.4, 0.5) is 0 Å². The number of aliphatic carboxylic acids is 2. The third kappa shape index (κ3) is 3.81. The molecule has 0 rings (SSSR count). The monoisotopic (exact) mass is 232 g/mol. The first-order valence-corrected chi connectivity index (χ1v) is 5.20. The van der Waals surface area contributed by atoms with Crippen LogP contribution in [-0.2, 0) is 14.3 Å². The highest BCUT2D eigenvalue weighted by Gasteiger charge is 2.33. The van der Waals surface area contributed by atoms with Crippen molar-refractivity contribution in [2.75, 3.05) is 13.2 Å². The molecule has 0 amide bonds. The summed E-state index contributed by atoms with van der Waals surface area (Å²) < 4.78 is 5.22. The van der Waals surface area contributed by atoms with Gasteiger partial charge in [-0.1, -0.05) is 6.92 Å². The topological polar surface area (TPSA) is 83.8 Å². The molecule has 5 heteroatoms. The van der Waals surface area contributed by atoms with E-state index in [9.17, 15) is 9.59 Å². The SMILES string of the molecule is CCC(C)(COCC(C)(C)C(=O)O)C(=O)O. The Morgan fingerprint density at radius 2 is 1.56 bits per heavy atom. The lowest BCUT2D eigenvalue weighted by molar-refractivity contribution is -0.156. The number of carboxylic acids is 2. The van der Waals surface area contributed by atoms with Crippen LogP contribution in [0.1, 0.15) is 34.1 Å². The Bertz CT molecular complexity index is 272. The second-order valence-corrected chi connectivity index (χ2v) is 4.90. The van der Waals surface area contributed by atoms with Crippen LogP contribution in [0.2, 0.25) is 0 Å². The number of hydrogen-bond donors (Lipinski definition) is 2. The van der Waals surface area contributed by atoms with Gasteiger partial charge in [0, 0.05) is 0 Å². The van der Waals surface area contributed by atoms with E-state index < -0.39 is 22.8 Å². The summed E-state index contributed by atoms with van der Waals surface area (Å²) in [6.07, 6.45) is 0.440. The molecule has 0 radical (unpaired) electrons. The molecule has 0 aliphatic carbocycles. The van der Waals surface area contributed by atoms with Crippen molar-refractivity contribution in [3.63, 3.8) is 0 Å². The lowest BCUT2D eigenvalue weighted by atomic mass is 9.88. The zero-order valence-electron chi connectivity index (χ0n) is 10.2. The molecule has 0 aromatic heterocycles. The maximum absolute atomic E-state index is 10.9. The molecule has 5 nitrogen and oxygen atoms in total. The van der Waals surface area contributed by atoms with Crippen LogP contribution in [0, 0.1) is 10.8 Å². The molecule has 0 saturated carbocycles. The standard InChI is InChI=1S/C11H20O5/c1-5-11(4,9(14)15)7-16-6-10(2,3)8(12)13/h5-7H2,1-4H3,(H,12,13)(H,14,15). The summed E-state index contributed by atoms with van der Waals surface area (Å²) in [6, 6.07) is 0. The number of carbonyl (C=O) groups is 2. The molecule has 0 aliphatic heterocycles. The smallest absolute Gasteiger partial charge is 0.311 e. The first kappa shape index (κ1) is 14.9. The molecule has 16 heavy (non-hydrogen) atoms. The third-order valence-corrected chi connectivity index (χ3v) is 2.76. The van der Waals surface area contributed by atoms with E-state index in [2.05, 4.69) is 0 Å². The van der Waals surface area contributed by atoms with E-state index in [1.54, 1.807) is 27.7 Å². The van der Waals surface area contributed by atoms with Gasteiger partial charge in [0.15, 0.2) is 0 Å². The van der Waals surface area contributed by atoms with Gasteiger partial charge in [0.05, 0.1) is 24.0 Å². The van der Waals surface area contributed by atoms with Crippen molar-refractivity contribution in [3.8, 4) is 0 Å². The van der Waals surface area contributed by atoms with Crippen molar-refractivity contribution >= 4 is 11.9 Å². The molecule has 0 spiro atoms. The Morgan fingerprint density at radius 3 is 1.88 bits per heavy atom. The molecular weight excluding hydrogens is 212 g/mol. The summed E-state index contributed by atoms with van der Waals surface area (Å²) in [6.45, 7) is 6.46. The van der Waals surface area contributed by atoms with Crippen molar-refractivity contribution in [2.45, 2.75) is 34.1 Å². The van der Waals surface area contributed by atoms with Crippen LogP contribution in [-0.4, -0.2) is 35.4 Å². The Balaban J connectivity index is 4.26. The zero-order valence-corrected chi connectivity index (χ0v) is 10.2. The summed E-state index contributed by atoms with van der Waals surface area (Å²) in [5, 5.41) is 17.8. The first-order valence-electron chi connectivity index (χ1n) is 5.20. The van der Waals surface area contributed by atoms with Gasteiger partial charge in [-0.3, -0.25) is 9.59 Å². The molecule has 94 valence electrons. The summed E-state index contributed by atoms with van der Waals surface area (Å²) in [5.74, 6) is -1.89. The molecular formula is C11H20O5. The fraction of sp³-hybridized carbons (Fsp3) is 0.818. The largest absolute Gasteiger partial charge is 0.481 e. The molecule has 0 aliphatic rings. The summed E-state index contributed by atoms with van der Waals surface area (Å²) >= 11 is 0. The third-order valence-electron chi connectivity index (χ3n) is 2.76. The highest BCUT2D eigenvalue weighted by Crippen LogP contribution is 2.23. The van der Waals surface area contributed by atoms with Crippen LogP contribution in [0.25, 0.3) is 0 Å². The van der Waals surface area contributed by atoms with E-state index in [-0.39, 0.29) is 13.2 Å². The highest BCUT2D eigenvalue weighted by atomic mass is 16.5. The number of carboxylic acid groups (broad SMARTS) is 2. The Morgan fingerprint density at radius 1 is 1.06 bits per heavy atom. The fourth-order valence-electron chi connectivity index (χ4n) is 0.908. The Hall–Kier alpha value is -1.10. The molecule has 1 atom stereocenters. The normalized spacial score (nSPS) is 15.5. The number of rotatable bonds is 7. The van der Waals surface area contributed by atoms with Crippen LogP contribution < -0.4 is 0 Å². The van der Waals surface area contributed by atoms with Gasteiger partial charge in [0.25, 0.3) is 0 Å². The fourth-order valence-corrected chi connectivity index (χ4v) is 0.908. The molecule has 1 unspecified atom stereocenters. The highest BCUT2D eigenvalue weighted by molar-refractivity contribution is 5.74. The maximum Gasteiger partial charge on any atom is 0.311 e. The second-order valence-electron chi connectivity index (χ2n) is 4.90. The van der Waals surface area contributed by atoms with E-state index in [1.165, 1.54) is 0 Å². The van der Waals surface area contributed by atoms with Gasteiger partial charge in [-0.15, -0.1) is 0 Å². The van der Waals surface area contributed by atoms with E-state index in [0.717, 1.165) is 0 Å². The minimum Gasteiger partial charge on any atom is -0.481 e. The van der Waals surface area contributed by atoms with Gasteiger partial charge in [-0.25, -0.2) is 0 Å². The first-order chi connectivity index (χ1) is 7.15. The lowest BCUT2D eigenvalue weighted by Crippen LogP contribution is -2.35. The molecule has 0 aromatic carbocycles. The zero-order chi connectivity index (χ0) is 13.0. The van der Waals surface area contributed by atoms with Crippen molar-refractivity contribution in [2.24, 2.45) is 10.8 Å². The van der Waals surface area contributed by atoms with Crippen LogP contribution in [0.5, 0.6) is 0 Å². The van der Waals surface area contributed by atoms with Crippen molar-refractivity contribution in [3.05, 3.63) is 0 Å². The van der Waals surface area contributed by atoms with E-state index in [0.29, 0.717) is 6.42 Å². The number of hydrogen-bond acceptors (Lipinski definition) is 3. The average Bonchev–Trinajstić information content (AvgIpc) is 2.16. The van der Waals surface area contributed by atoms with Gasteiger partial charge in [0.2, 0.25) is 0 Å². The summed E-state index contributed by atoms with van der Waals surface area (Å²) in [5.41, 5.74) is -1.94. The van der Waals surface area contributed by atoms with Gasteiger partial charge in [0.1, 0.15) is 0 Å². The predicted octanol–water partition coefficient (Wildman–Crippen LogP) is 1.61. The van der Waals surface area contributed by atoms with Gasteiger partial charge >= 0.3 is 11.9 Å². The molecule has 0 heterocycles. The molecule has 2 N–H and O–H groups in total. The Labute approximate surface area is 95.4 Å². The van der Waals surface area contributed by atoms with Crippen LogP contribution in [0.15, 0.2) is 0 Å². The minimum absolute atomic E-state index is 0.00516. The maximum atomic E-state index is 10.9. The lowest BCUT2D eigenvalue weighted by Gasteiger charge is -2.25. The van der Waals surface area contributed by atoms with Gasteiger partial charge < -0.3 is 14.9 Å². The molecule has 0 bridgehead atoms. The summed E-state index contributed by atoms with van der Waals surface area (Å²) in [4.78, 5) is 21.7. The molecule has 0 aromatic rings. The summed E-state index contributed by atoms with van der Waals surface area (Å²) in [7, 11) is 0. The van der Waals surface area contributed by atoms with E-state index in [4.69, 9.17) is 14.9 Å². The van der Waals surface area contributed by atoms with Crippen LogP contribution in [0.3, 0.4) is 0 Å². The van der Waals surface area contributed by atoms with Crippen molar-refractivity contribution in [1.82, 2.24) is 0 Å². The van der Waals surface area contributed by atoms with E-state index in [1.807, 2.05) is 0 Å². The number of ether oxygens (including phenoxy) is 1. The van der Waals surface area contributed by atoms with Crippen molar-refractivity contribution < 1.29 is 24.5 Å². The molecule has 0 fully saturated rings.